The Morgan fingerprint density at radius 3 is 2.58 bits per heavy atom. The highest BCUT2D eigenvalue weighted by Gasteiger charge is 2.26. The second kappa shape index (κ2) is 4.31. The van der Waals surface area contributed by atoms with Crippen LogP contribution in [0.2, 0.25) is 0 Å². The van der Waals surface area contributed by atoms with E-state index in [2.05, 4.69) is 15.7 Å². The molecule has 1 aromatic carbocycles. The Morgan fingerprint density at radius 1 is 1.26 bits per heavy atom. The minimum atomic E-state index is -2.90. The summed E-state index contributed by atoms with van der Waals surface area (Å²) in [5, 5.41) is 8.08. The van der Waals surface area contributed by atoms with E-state index >= 15 is 0 Å². The molecule has 2 amide bonds. The molecule has 6 heteroatoms. The predicted molar refractivity (Wildman–Crippen MR) is 75.6 cm³/mol. The van der Waals surface area contributed by atoms with Crippen LogP contribution in [0.15, 0.2) is 10.4 Å². The number of aryl methyl sites for hydroxylation is 2. The highest BCUT2D eigenvalue weighted by molar-refractivity contribution is 7.91. The van der Waals surface area contributed by atoms with Crippen molar-refractivity contribution in [3.8, 4) is 0 Å². The molecule has 1 aromatic rings. The second-order valence-corrected chi connectivity index (χ2v) is 7.17. The Balaban J connectivity index is 1.98. The van der Waals surface area contributed by atoms with E-state index in [1.165, 1.54) is 28.5 Å². The maximum atomic E-state index is 11.8. The third kappa shape index (κ3) is 2.37. The van der Waals surface area contributed by atoms with Gasteiger partial charge < -0.3 is 5.32 Å². The van der Waals surface area contributed by atoms with Gasteiger partial charge in [0.2, 0.25) is 0 Å². The lowest BCUT2D eigenvalue weighted by molar-refractivity contribution is 0.260. The van der Waals surface area contributed by atoms with E-state index in [1.54, 1.807) is 0 Å². The Hall–Kier alpha value is -1.40. The maximum Gasteiger partial charge on any atom is 0.354 e. The van der Waals surface area contributed by atoms with Gasteiger partial charge in [0.25, 0.3) is 0 Å². The molecule has 0 spiro atoms. The van der Waals surface area contributed by atoms with E-state index < -0.39 is 15.9 Å². The average molecular weight is 279 g/mol. The van der Waals surface area contributed by atoms with E-state index in [0.717, 1.165) is 37.8 Å². The molecule has 0 fully saturated rings. The number of hydrogen-bond acceptors (Lipinski definition) is 2. The van der Waals surface area contributed by atoms with Crippen molar-refractivity contribution in [2.45, 2.75) is 32.1 Å². The molecule has 0 saturated carbocycles. The zero-order valence-electron chi connectivity index (χ0n) is 10.9. The summed E-state index contributed by atoms with van der Waals surface area (Å²) in [7, 11) is -2.90. The van der Waals surface area contributed by atoms with E-state index in [4.69, 9.17) is 5.14 Å². The molecule has 2 aliphatic rings. The number of fused-ring (bicyclic) bond motifs is 2. The molecule has 0 aromatic heterocycles. The van der Waals surface area contributed by atoms with Crippen LogP contribution in [0.5, 0.6) is 0 Å². The summed E-state index contributed by atoms with van der Waals surface area (Å²) in [4.78, 5) is 11.8. The number of nitrogens with two attached hydrogens (primary N) is 1. The van der Waals surface area contributed by atoms with E-state index in [0.29, 0.717) is 0 Å². The van der Waals surface area contributed by atoms with Crippen LogP contribution < -0.4 is 10.5 Å². The molecular weight excluding hydrogens is 262 g/mol. The normalized spacial score (nSPS) is 18.8. The molecule has 0 bridgehead atoms. The highest BCUT2D eigenvalue weighted by Crippen LogP contribution is 2.39. The van der Waals surface area contributed by atoms with E-state index in [9.17, 15) is 9.00 Å². The molecule has 3 rings (SSSR count). The van der Waals surface area contributed by atoms with Crippen molar-refractivity contribution in [1.82, 2.24) is 0 Å². The fourth-order valence-corrected chi connectivity index (χ4v) is 3.26. The Morgan fingerprint density at radius 2 is 1.95 bits per heavy atom. The maximum absolute atomic E-state index is 11.8. The van der Waals surface area contributed by atoms with Gasteiger partial charge in [-0.05, 0) is 54.4 Å². The largest absolute Gasteiger partial charge is 0.354 e. The number of nitrogens with one attached hydrogen (secondary N) is 1. The molecule has 2 aliphatic carbocycles. The van der Waals surface area contributed by atoms with Gasteiger partial charge in [0.15, 0.2) is 0 Å². The topological polar surface area (TPSA) is 84.6 Å². The molecule has 0 saturated heterocycles. The molecule has 0 aliphatic heterocycles. The summed E-state index contributed by atoms with van der Waals surface area (Å²) in [5.41, 5.74) is 5.98. The lowest BCUT2D eigenvalue weighted by Crippen LogP contribution is -2.20. The van der Waals surface area contributed by atoms with Gasteiger partial charge in [0, 0.05) is 11.9 Å². The van der Waals surface area contributed by atoms with Crippen LogP contribution in [-0.2, 0) is 35.6 Å². The van der Waals surface area contributed by atoms with Gasteiger partial charge in [-0.2, -0.15) is 0 Å². The first kappa shape index (κ1) is 12.6. The summed E-state index contributed by atoms with van der Waals surface area (Å²) in [6, 6.07) is 1.66. The van der Waals surface area contributed by atoms with Gasteiger partial charge in [-0.15, -0.1) is 4.36 Å². The lowest BCUT2D eigenvalue weighted by atomic mass is 9.83. The van der Waals surface area contributed by atoms with E-state index in [-0.39, 0.29) is 0 Å². The summed E-state index contributed by atoms with van der Waals surface area (Å²) < 4.78 is 14.8. The zero-order chi connectivity index (χ0) is 13.6. The van der Waals surface area contributed by atoms with Gasteiger partial charge in [-0.25, -0.2) is 14.1 Å². The molecule has 102 valence electrons. The number of amides is 2. The van der Waals surface area contributed by atoms with Gasteiger partial charge in [-0.1, -0.05) is 6.07 Å². The van der Waals surface area contributed by atoms with Crippen LogP contribution >= 0.6 is 0 Å². The van der Waals surface area contributed by atoms with Crippen molar-refractivity contribution in [1.29, 1.82) is 0 Å². The Kier molecular flexibility index (Phi) is 2.87. The van der Waals surface area contributed by atoms with Crippen LogP contribution in [0.25, 0.3) is 0 Å². The molecule has 0 radical (unpaired) electrons. The molecule has 19 heavy (non-hydrogen) atoms. The Labute approximate surface area is 112 Å². The summed E-state index contributed by atoms with van der Waals surface area (Å²) in [6.07, 6.45) is 6.50. The van der Waals surface area contributed by atoms with Crippen molar-refractivity contribution in [3.05, 3.63) is 28.3 Å². The van der Waals surface area contributed by atoms with Gasteiger partial charge in [-0.3, -0.25) is 0 Å². The highest BCUT2D eigenvalue weighted by atomic mass is 32.2. The fourth-order valence-electron chi connectivity index (χ4n) is 2.89. The molecule has 1 atom stereocenters. The molecule has 5 nitrogen and oxygen atoms in total. The van der Waals surface area contributed by atoms with Crippen molar-refractivity contribution in [2.75, 3.05) is 11.6 Å². The molecule has 1 unspecified atom stereocenters. The number of anilines is 1. The average Bonchev–Trinajstić information content (AvgIpc) is 2.67. The number of urea groups is 1. The van der Waals surface area contributed by atoms with Crippen molar-refractivity contribution >= 4 is 21.6 Å². The van der Waals surface area contributed by atoms with Gasteiger partial charge in [0.1, 0.15) is 9.92 Å². The van der Waals surface area contributed by atoms with Gasteiger partial charge in [0.05, 0.1) is 0 Å². The quantitative estimate of drug-likeness (QED) is 0.821. The standard InChI is InChI=1S/C13H17N3O2S/c1-19(14,18)16-13(17)15-12-10-4-2-3-8(10)7-9-5-6-11(9)12/h7H,2-6H2,1H3,(H3,14,15,16,17,18). The SMILES string of the molecule is CS(N)(=O)=NC(=O)Nc1c2c(cc3c1CC3)CCC2. The van der Waals surface area contributed by atoms with Crippen molar-refractivity contribution in [3.63, 3.8) is 0 Å². The van der Waals surface area contributed by atoms with Crippen molar-refractivity contribution in [2.24, 2.45) is 9.50 Å². The second-order valence-electron chi connectivity index (χ2n) is 5.26. The minimum Gasteiger partial charge on any atom is -0.305 e. The number of rotatable bonds is 1. The fraction of sp³-hybridized carbons (Fsp3) is 0.462. The first-order chi connectivity index (χ1) is 8.94. The van der Waals surface area contributed by atoms with E-state index in [1.807, 2.05) is 0 Å². The molecule has 3 N–H and O–H groups in total. The van der Waals surface area contributed by atoms with Gasteiger partial charge >= 0.3 is 6.03 Å². The van der Waals surface area contributed by atoms with Crippen LogP contribution in [0.4, 0.5) is 10.5 Å². The summed E-state index contributed by atoms with van der Waals surface area (Å²) in [6.45, 7) is 0. The summed E-state index contributed by atoms with van der Waals surface area (Å²) >= 11 is 0. The molecular formula is C13H17N3O2S. The molecule has 0 heterocycles. The summed E-state index contributed by atoms with van der Waals surface area (Å²) in [5.74, 6) is 0. The van der Waals surface area contributed by atoms with Crippen LogP contribution in [-0.4, -0.2) is 16.5 Å². The number of carbonyl (C=O) groups is 1. The number of hydrogen-bond donors (Lipinski definition) is 2. The number of carbonyl (C=O) groups excluding carboxylic acids is 1. The van der Waals surface area contributed by atoms with Crippen LogP contribution in [0, 0.1) is 0 Å². The number of nitrogens with zero attached hydrogens (tertiary/aromatic N) is 1. The zero-order valence-corrected chi connectivity index (χ0v) is 11.7. The van der Waals surface area contributed by atoms with Crippen LogP contribution in [0.1, 0.15) is 28.7 Å². The third-order valence-electron chi connectivity index (χ3n) is 3.74. The third-order valence-corrected chi connectivity index (χ3v) is 4.27. The first-order valence-electron chi connectivity index (χ1n) is 6.41. The smallest absolute Gasteiger partial charge is 0.305 e. The Bertz CT molecular complexity index is 680. The van der Waals surface area contributed by atoms with Crippen molar-refractivity contribution < 1.29 is 9.00 Å². The monoisotopic (exact) mass is 279 g/mol. The predicted octanol–water partition coefficient (Wildman–Crippen LogP) is 1.78. The first-order valence-corrected chi connectivity index (χ1v) is 8.40. The minimum absolute atomic E-state index is 0.607. The lowest BCUT2D eigenvalue weighted by Gasteiger charge is -2.25. The number of benzene rings is 1. The van der Waals surface area contributed by atoms with Crippen LogP contribution in [0.3, 0.4) is 0 Å².